The van der Waals surface area contributed by atoms with E-state index in [-0.39, 0.29) is 5.91 Å². The monoisotopic (exact) mass is 346 g/mol. The Morgan fingerprint density at radius 3 is 2.67 bits per heavy atom. The Balaban J connectivity index is 1.67. The van der Waals surface area contributed by atoms with Crippen molar-refractivity contribution in [2.24, 2.45) is 0 Å². The van der Waals surface area contributed by atoms with Crippen molar-refractivity contribution >= 4 is 17.7 Å². The van der Waals surface area contributed by atoms with Gasteiger partial charge < -0.3 is 9.80 Å². The summed E-state index contributed by atoms with van der Waals surface area (Å²) in [7, 11) is 2.08. The average molecular weight is 346 g/mol. The fraction of sp³-hybridized carbons (Fsp3) is 0.500. The van der Waals surface area contributed by atoms with E-state index >= 15 is 0 Å². The number of aryl methyl sites for hydroxylation is 2. The third-order valence-electron chi connectivity index (χ3n) is 4.20. The number of piperazine rings is 1. The molecule has 8 heteroatoms. The number of hydrogen-bond acceptors (Lipinski definition) is 6. The molecule has 0 spiro atoms. The summed E-state index contributed by atoms with van der Waals surface area (Å²) in [6.45, 7) is 7.53. The van der Waals surface area contributed by atoms with E-state index in [0.717, 1.165) is 37.4 Å². The molecule has 7 nitrogen and oxygen atoms in total. The lowest BCUT2D eigenvalue weighted by Crippen LogP contribution is -2.47. The fourth-order valence-electron chi connectivity index (χ4n) is 2.74. The van der Waals surface area contributed by atoms with Crippen LogP contribution in [0.25, 0.3) is 5.69 Å². The Morgan fingerprint density at radius 2 is 1.96 bits per heavy atom. The number of thioether (sulfide) groups is 1. The number of tetrazole rings is 1. The van der Waals surface area contributed by atoms with E-state index in [2.05, 4.69) is 40.5 Å². The molecule has 3 rings (SSSR count). The van der Waals surface area contributed by atoms with Crippen LogP contribution in [0, 0.1) is 13.8 Å². The number of amides is 1. The maximum atomic E-state index is 12.4. The molecule has 0 saturated carbocycles. The molecule has 0 N–H and O–H groups in total. The topological polar surface area (TPSA) is 67.2 Å². The van der Waals surface area contributed by atoms with Gasteiger partial charge in [0, 0.05) is 26.2 Å². The van der Waals surface area contributed by atoms with Crippen molar-refractivity contribution in [3.8, 4) is 5.69 Å². The zero-order chi connectivity index (χ0) is 17.1. The second-order valence-corrected chi connectivity index (χ2v) is 7.08. The summed E-state index contributed by atoms with van der Waals surface area (Å²) >= 11 is 1.39. The first kappa shape index (κ1) is 16.9. The van der Waals surface area contributed by atoms with Crippen molar-refractivity contribution in [2.45, 2.75) is 19.0 Å². The molecular formula is C16H22N6OS. The highest BCUT2D eigenvalue weighted by Gasteiger charge is 2.20. The van der Waals surface area contributed by atoms with Gasteiger partial charge in [-0.05, 0) is 43.0 Å². The Bertz CT molecular complexity index is 723. The number of hydrogen-bond donors (Lipinski definition) is 0. The van der Waals surface area contributed by atoms with Gasteiger partial charge in [0.05, 0.1) is 11.4 Å². The van der Waals surface area contributed by atoms with Gasteiger partial charge in [0.1, 0.15) is 0 Å². The van der Waals surface area contributed by atoms with Gasteiger partial charge in [0.2, 0.25) is 11.1 Å². The third kappa shape index (κ3) is 3.76. The van der Waals surface area contributed by atoms with E-state index in [9.17, 15) is 4.79 Å². The molecule has 1 aliphatic heterocycles. The SMILES string of the molecule is Cc1ccc(-n2nnnc2SCC(=O)N2CCN(C)CC2)c(C)c1. The van der Waals surface area contributed by atoms with Gasteiger partial charge in [-0.15, -0.1) is 5.10 Å². The lowest BCUT2D eigenvalue weighted by Gasteiger charge is -2.32. The van der Waals surface area contributed by atoms with Crippen LogP contribution in [0.3, 0.4) is 0 Å². The molecule has 2 heterocycles. The smallest absolute Gasteiger partial charge is 0.233 e. The van der Waals surface area contributed by atoms with Crippen LogP contribution < -0.4 is 0 Å². The zero-order valence-electron chi connectivity index (χ0n) is 14.3. The van der Waals surface area contributed by atoms with E-state index in [1.807, 2.05) is 24.0 Å². The predicted molar refractivity (Wildman–Crippen MR) is 93.4 cm³/mol. The van der Waals surface area contributed by atoms with Crippen molar-refractivity contribution in [1.29, 1.82) is 0 Å². The number of rotatable bonds is 4. The van der Waals surface area contributed by atoms with Crippen molar-refractivity contribution < 1.29 is 4.79 Å². The van der Waals surface area contributed by atoms with Crippen LogP contribution in [-0.4, -0.2) is 74.9 Å². The second-order valence-electron chi connectivity index (χ2n) is 6.14. The highest BCUT2D eigenvalue weighted by atomic mass is 32.2. The fourth-order valence-corrected chi connectivity index (χ4v) is 3.52. The van der Waals surface area contributed by atoms with E-state index in [1.165, 1.54) is 17.3 Å². The summed E-state index contributed by atoms with van der Waals surface area (Å²) < 4.78 is 1.71. The summed E-state index contributed by atoms with van der Waals surface area (Å²) in [6.07, 6.45) is 0. The van der Waals surface area contributed by atoms with Crippen LogP contribution in [0.4, 0.5) is 0 Å². The van der Waals surface area contributed by atoms with Gasteiger partial charge in [0.15, 0.2) is 0 Å². The summed E-state index contributed by atoms with van der Waals surface area (Å²) in [5.74, 6) is 0.498. The molecule has 0 unspecified atom stereocenters. The lowest BCUT2D eigenvalue weighted by molar-refractivity contribution is -0.129. The highest BCUT2D eigenvalue weighted by Crippen LogP contribution is 2.21. The zero-order valence-corrected chi connectivity index (χ0v) is 15.1. The van der Waals surface area contributed by atoms with Crippen molar-refractivity contribution in [3.63, 3.8) is 0 Å². The Hall–Kier alpha value is -1.93. The van der Waals surface area contributed by atoms with Crippen LogP contribution in [0.2, 0.25) is 0 Å². The molecule has 0 bridgehead atoms. The van der Waals surface area contributed by atoms with Gasteiger partial charge in [-0.2, -0.15) is 4.68 Å². The standard InChI is InChI=1S/C16H22N6OS/c1-12-4-5-14(13(2)10-12)22-16(17-18-19-22)24-11-15(23)21-8-6-20(3)7-9-21/h4-5,10H,6-9,11H2,1-3H3. The quantitative estimate of drug-likeness (QED) is 0.774. The molecule has 1 saturated heterocycles. The van der Waals surface area contributed by atoms with Crippen LogP contribution >= 0.6 is 11.8 Å². The molecule has 1 aliphatic rings. The third-order valence-corrected chi connectivity index (χ3v) is 5.11. The summed E-state index contributed by atoms with van der Waals surface area (Å²) in [5, 5.41) is 12.6. The molecule has 0 radical (unpaired) electrons. The lowest BCUT2D eigenvalue weighted by atomic mass is 10.1. The van der Waals surface area contributed by atoms with E-state index in [4.69, 9.17) is 0 Å². The second kappa shape index (κ2) is 7.31. The minimum Gasteiger partial charge on any atom is -0.339 e. The minimum absolute atomic E-state index is 0.142. The van der Waals surface area contributed by atoms with Crippen molar-refractivity contribution in [1.82, 2.24) is 30.0 Å². The number of aromatic nitrogens is 4. The first-order valence-electron chi connectivity index (χ1n) is 8.00. The number of carbonyl (C=O) groups is 1. The first-order chi connectivity index (χ1) is 11.5. The molecule has 0 atom stereocenters. The van der Waals surface area contributed by atoms with E-state index < -0.39 is 0 Å². The van der Waals surface area contributed by atoms with Gasteiger partial charge in [-0.25, -0.2) is 0 Å². The molecule has 2 aromatic rings. The average Bonchev–Trinajstić information content (AvgIpc) is 3.01. The highest BCUT2D eigenvalue weighted by molar-refractivity contribution is 7.99. The van der Waals surface area contributed by atoms with Crippen LogP contribution in [0.5, 0.6) is 0 Å². The van der Waals surface area contributed by atoms with Crippen LogP contribution in [0.15, 0.2) is 23.4 Å². The molecule has 1 fully saturated rings. The van der Waals surface area contributed by atoms with E-state index in [0.29, 0.717) is 10.9 Å². The van der Waals surface area contributed by atoms with Gasteiger partial charge in [-0.3, -0.25) is 4.79 Å². The summed E-state index contributed by atoms with van der Waals surface area (Å²) in [4.78, 5) is 16.5. The number of benzene rings is 1. The number of likely N-dealkylation sites (N-methyl/N-ethyl adjacent to an activating group) is 1. The molecule has 1 aromatic heterocycles. The maximum absolute atomic E-state index is 12.4. The van der Waals surface area contributed by atoms with Crippen molar-refractivity contribution in [3.05, 3.63) is 29.3 Å². The molecule has 0 aliphatic carbocycles. The van der Waals surface area contributed by atoms with E-state index in [1.54, 1.807) is 4.68 Å². The molecule has 128 valence electrons. The largest absolute Gasteiger partial charge is 0.339 e. The van der Waals surface area contributed by atoms with Crippen molar-refractivity contribution in [2.75, 3.05) is 39.0 Å². The maximum Gasteiger partial charge on any atom is 0.233 e. The molecule has 1 aromatic carbocycles. The predicted octanol–water partition coefficient (Wildman–Crippen LogP) is 1.15. The van der Waals surface area contributed by atoms with Crippen LogP contribution in [-0.2, 0) is 4.79 Å². The minimum atomic E-state index is 0.142. The molecular weight excluding hydrogens is 324 g/mol. The van der Waals surface area contributed by atoms with Gasteiger partial charge >= 0.3 is 0 Å². The Kier molecular flexibility index (Phi) is 5.15. The molecule has 1 amide bonds. The van der Waals surface area contributed by atoms with Crippen LogP contribution in [0.1, 0.15) is 11.1 Å². The number of nitrogens with zero attached hydrogens (tertiary/aromatic N) is 6. The normalized spacial score (nSPS) is 15.7. The Morgan fingerprint density at radius 1 is 1.21 bits per heavy atom. The summed E-state index contributed by atoms with van der Waals surface area (Å²) in [6, 6.07) is 6.14. The molecule has 24 heavy (non-hydrogen) atoms. The van der Waals surface area contributed by atoms with Gasteiger partial charge in [0.25, 0.3) is 0 Å². The number of carbonyl (C=O) groups excluding carboxylic acids is 1. The first-order valence-corrected chi connectivity index (χ1v) is 8.98. The summed E-state index contributed by atoms with van der Waals surface area (Å²) in [5.41, 5.74) is 3.25. The van der Waals surface area contributed by atoms with Gasteiger partial charge in [-0.1, -0.05) is 29.5 Å². The Labute approximate surface area is 146 Å².